The number of hydrogen-bond acceptors (Lipinski definition) is 4. The predicted molar refractivity (Wildman–Crippen MR) is 122 cm³/mol. The number of carbonyl (C=O) groups is 2. The maximum Gasteiger partial charge on any atom is 0.230 e. The van der Waals surface area contributed by atoms with Crippen LogP contribution in [0.2, 0.25) is 5.02 Å². The standard InChI is InChI=1S/C24H29ClN4O2.Fe/c25-19-7-5-18(6-8-19)24(11-12-24)23(31)28-15-21(26)16-1-3-17(4-2-16)22(30)29-20-9-13-27-14-10-20;/h5-10,13-14,16-17,21H,1-4,11-12,15,26H2,(H,28,31)(H,27,29,30);. The number of hydrogen-bond donors (Lipinski definition) is 3. The molecule has 1 aromatic heterocycles. The first-order valence-electron chi connectivity index (χ1n) is 11.0. The number of rotatable bonds is 7. The minimum atomic E-state index is -0.424. The van der Waals surface area contributed by atoms with Crippen LogP contribution in [-0.2, 0) is 32.1 Å². The zero-order valence-electron chi connectivity index (χ0n) is 17.9. The zero-order valence-corrected chi connectivity index (χ0v) is 19.7. The summed E-state index contributed by atoms with van der Waals surface area (Å²) in [6.45, 7) is 0.465. The van der Waals surface area contributed by atoms with E-state index >= 15 is 0 Å². The summed E-state index contributed by atoms with van der Waals surface area (Å²) >= 11 is 5.98. The van der Waals surface area contributed by atoms with Crippen LogP contribution in [0, 0.1) is 11.8 Å². The largest absolute Gasteiger partial charge is 0.354 e. The molecule has 0 saturated heterocycles. The number of nitrogens with two attached hydrogens (primary N) is 1. The van der Waals surface area contributed by atoms with Gasteiger partial charge >= 0.3 is 0 Å². The summed E-state index contributed by atoms with van der Waals surface area (Å²) in [6.07, 6.45) is 8.47. The Morgan fingerprint density at radius 3 is 2.28 bits per heavy atom. The smallest absolute Gasteiger partial charge is 0.230 e. The summed E-state index contributed by atoms with van der Waals surface area (Å²) in [5.74, 6) is 0.433. The number of pyridine rings is 1. The molecule has 2 fully saturated rings. The Balaban J connectivity index is 0.00000289. The number of anilines is 1. The minimum absolute atomic E-state index is 0. The van der Waals surface area contributed by atoms with Crippen molar-refractivity contribution in [3.63, 3.8) is 0 Å². The van der Waals surface area contributed by atoms with Gasteiger partial charge in [0.15, 0.2) is 0 Å². The number of amides is 2. The van der Waals surface area contributed by atoms with Gasteiger partial charge in [0.05, 0.1) is 5.41 Å². The Morgan fingerprint density at radius 1 is 1.06 bits per heavy atom. The van der Waals surface area contributed by atoms with Crippen molar-refractivity contribution in [2.24, 2.45) is 17.6 Å². The van der Waals surface area contributed by atoms with Gasteiger partial charge in [-0.1, -0.05) is 23.7 Å². The molecule has 6 nitrogen and oxygen atoms in total. The third-order valence-electron chi connectivity index (χ3n) is 6.78. The molecule has 172 valence electrons. The second-order valence-electron chi connectivity index (χ2n) is 8.80. The van der Waals surface area contributed by atoms with Crippen LogP contribution in [-0.4, -0.2) is 29.4 Å². The fourth-order valence-electron chi connectivity index (χ4n) is 4.58. The van der Waals surface area contributed by atoms with Crippen LogP contribution in [0.5, 0.6) is 0 Å². The van der Waals surface area contributed by atoms with Crippen LogP contribution in [0.4, 0.5) is 5.69 Å². The van der Waals surface area contributed by atoms with Crippen LogP contribution in [0.25, 0.3) is 0 Å². The van der Waals surface area contributed by atoms with Gasteiger partial charge in [-0.2, -0.15) is 0 Å². The molecular formula is C24H29ClFeN4O2. The van der Waals surface area contributed by atoms with Crippen LogP contribution in [0.3, 0.4) is 0 Å². The molecule has 4 N–H and O–H groups in total. The summed E-state index contributed by atoms with van der Waals surface area (Å²) in [5, 5.41) is 6.72. The number of nitrogens with one attached hydrogen (secondary N) is 2. The Hall–Kier alpha value is -1.92. The molecule has 32 heavy (non-hydrogen) atoms. The SMILES string of the molecule is NC(CNC(=O)C1(c2ccc(Cl)cc2)CC1)C1CCC(C(=O)Nc2ccncc2)CC1.[Fe]. The van der Waals surface area contributed by atoms with E-state index in [-0.39, 0.29) is 40.8 Å². The van der Waals surface area contributed by atoms with Crippen molar-refractivity contribution in [2.45, 2.75) is 50.0 Å². The molecule has 2 saturated carbocycles. The summed E-state index contributed by atoms with van der Waals surface area (Å²) in [6, 6.07) is 11.0. The number of carbonyl (C=O) groups excluding carboxylic acids is 2. The Morgan fingerprint density at radius 2 is 1.69 bits per heavy atom. The molecule has 2 aliphatic carbocycles. The van der Waals surface area contributed by atoms with Gasteiger partial charge in [0.2, 0.25) is 11.8 Å². The van der Waals surface area contributed by atoms with E-state index in [1.165, 1.54) is 0 Å². The fourth-order valence-corrected chi connectivity index (χ4v) is 4.70. The first-order chi connectivity index (χ1) is 15.0. The maximum atomic E-state index is 12.9. The first-order valence-corrected chi connectivity index (χ1v) is 11.4. The molecule has 1 unspecified atom stereocenters. The van der Waals surface area contributed by atoms with Gasteiger partial charge in [0.1, 0.15) is 0 Å². The number of aromatic nitrogens is 1. The molecule has 0 aliphatic heterocycles. The van der Waals surface area contributed by atoms with Crippen molar-refractivity contribution in [3.05, 3.63) is 59.4 Å². The van der Waals surface area contributed by atoms with E-state index in [1.54, 1.807) is 24.5 Å². The molecule has 2 aromatic rings. The summed E-state index contributed by atoms with van der Waals surface area (Å²) in [5.41, 5.74) is 7.79. The zero-order chi connectivity index (χ0) is 21.8. The summed E-state index contributed by atoms with van der Waals surface area (Å²) in [7, 11) is 0. The Kier molecular flexibility index (Phi) is 8.34. The monoisotopic (exact) mass is 496 g/mol. The van der Waals surface area contributed by atoms with Crippen molar-refractivity contribution in [2.75, 3.05) is 11.9 Å². The van der Waals surface area contributed by atoms with E-state index in [1.807, 2.05) is 24.3 Å². The van der Waals surface area contributed by atoms with Gasteiger partial charge in [0, 0.05) is 58.7 Å². The molecule has 4 rings (SSSR count). The minimum Gasteiger partial charge on any atom is -0.354 e. The molecule has 0 bridgehead atoms. The second kappa shape index (κ2) is 10.8. The summed E-state index contributed by atoms with van der Waals surface area (Å²) in [4.78, 5) is 29.3. The predicted octanol–water partition coefficient (Wildman–Crippen LogP) is 3.65. The quantitative estimate of drug-likeness (QED) is 0.510. The van der Waals surface area contributed by atoms with E-state index in [9.17, 15) is 9.59 Å². The molecule has 2 aliphatic rings. The Bertz CT molecular complexity index is 913. The van der Waals surface area contributed by atoms with Crippen molar-refractivity contribution in [1.82, 2.24) is 10.3 Å². The number of halogens is 1. The van der Waals surface area contributed by atoms with E-state index in [0.29, 0.717) is 17.5 Å². The molecular weight excluding hydrogens is 468 g/mol. The molecule has 0 radical (unpaired) electrons. The fraction of sp³-hybridized carbons (Fsp3) is 0.458. The van der Waals surface area contributed by atoms with Crippen LogP contribution in [0.15, 0.2) is 48.8 Å². The van der Waals surface area contributed by atoms with Gasteiger partial charge in [-0.3, -0.25) is 14.6 Å². The van der Waals surface area contributed by atoms with Gasteiger partial charge in [0.25, 0.3) is 0 Å². The van der Waals surface area contributed by atoms with Gasteiger partial charge in [-0.15, -0.1) is 0 Å². The van der Waals surface area contributed by atoms with Crippen LogP contribution >= 0.6 is 11.6 Å². The van der Waals surface area contributed by atoms with Crippen molar-refractivity contribution >= 4 is 29.1 Å². The topological polar surface area (TPSA) is 97.1 Å². The van der Waals surface area contributed by atoms with Crippen molar-refractivity contribution < 1.29 is 26.7 Å². The second-order valence-corrected chi connectivity index (χ2v) is 9.24. The first kappa shape index (κ1) is 24.7. The normalized spacial score (nSPS) is 22.2. The molecule has 1 aromatic carbocycles. The van der Waals surface area contributed by atoms with Gasteiger partial charge in [-0.05, 0) is 74.3 Å². The van der Waals surface area contributed by atoms with E-state index in [0.717, 1.165) is 49.8 Å². The van der Waals surface area contributed by atoms with Crippen LogP contribution in [0.1, 0.15) is 44.1 Å². The van der Waals surface area contributed by atoms with Gasteiger partial charge < -0.3 is 16.4 Å². The third-order valence-corrected chi connectivity index (χ3v) is 7.03. The number of nitrogens with zero attached hydrogens (tertiary/aromatic N) is 1. The third kappa shape index (κ3) is 5.70. The van der Waals surface area contributed by atoms with Crippen molar-refractivity contribution in [1.29, 1.82) is 0 Å². The molecule has 0 spiro atoms. The molecule has 1 heterocycles. The molecule has 8 heteroatoms. The number of benzene rings is 1. The molecule has 2 amide bonds. The summed E-state index contributed by atoms with van der Waals surface area (Å²) < 4.78 is 0. The van der Waals surface area contributed by atoms with E-state index in [2.05, 4.69) is 15.6 Å². The van der Waals surface area contributed by atoms with Crippen LogP contribution < -0.4 is 16.4 Å². The van der Waals surface area contributed by atoms with Gasteiger partial charge in [-0.25, -0.2) is 0 Å². The average Bonchev–Trinajstić information content (AvgIpc) is 3.60. The molecule has 1 atom stereocenters. The van der Waals surface area contributed by atoms with E-state index < -0.39 is 5.41 Å². The average molecular weight is 497 g/mol. The Labute approximate surface area is 204 Å². The van der Waals surface area contributed by atoms with Crippen molar-refractivity contribution in [3.8, 4) is 0 Å². The van der Waals surface area contributed by atoms with E-state index in [4.69, 9.17) is 17.3 Å². The maximum absolute atomic E-state index is 12.9.